The van der Waals surface area contributed by atoms with Crippen molar-refractivity contribution < 1.29 is 9.53 Å². The third kappa shape index (κ3) is 3.46. The van der Waals surface area contributed by atoms with Gasteiger partial charge in [0.2, 0.25) is 0 Å². The summed E-state index contributed by atoms with van der Waals surface area (Å²) in [6.07, 6.45) is 6.42. The van der Waals surface area contributed by atoms with E-state index in [0.29, 0.717) is 6.04 Å². The Labute approximate surface area is 97.3 Å². The summed E-state index contributed by atoms with van der Waals surface area (Å²) in [6, 6.07) is 0.351. The first-order chi connectivity index (χ1) is 7.88. The second-order valence-corrected chi connectivity index (χ2v) is 4.88. The topological polar surface area (TPSA) is 41.6 Å². The molecule has 2 heterocycles. The summed E-state index contributed by atoms with van der Waals surface area (Å²) in [5.74, 6) is 0.777. The molecule has 1 atom stereocenters. The molecule has 1 amide bonds. The number of hydrogen-bond acceptors (Lipinski definition) is 3. The number of nitrogens with zero attached hydrogens (tertiary/aromatic N) is 1. The molecule has 0 aliphatic carbocycles. The molecule has 2 aliphatic rings. The van der Waals surface area contributed by atoms with Gasteiger partial charge in [-0.25, -0.2) is 0 Å². The average Bonchev–Trinajstić information content (AvgIpc) is 2.82. The monoisotopic (exact) mass is 225 g/mol. The molecule has 1 unspecified atom stereocenters. The highest BCUT2D eigenvalue weighted by molar-refractivity contribution is 5.47. The molecular formula is C12H21N2O2. The molecule has 0 aromatic rings. The van der Waals surface area contributed by atoms with Crippen LogP contribution in [0.3, 0.4) is 0 Å². The lowest BCUT2D eigenvalue weighted by molar-refractivity contribution is 0.168. The molecule has 2 aliphatic heterocycles. The number of carbonyl (C=O) groups excluding carboxylic acids is 1. The van der Waals surface area contributed by atoms with E-state index < -0.39 is 0 Å². The maximum atomic E-state index is 10.2. The zero-order valence-electron chi connectivity index (χ0n) is 9.78. The van der Waals surface area contributed by atoms with Gasteiger partial charge in [0.25, 0.3) is 0 Å². The molecule has 2 rings (SSSR count). The second-order valence-electron chi connectivity index (χ2n) is 4.88. The number of nitrogens with one attached hydrogen (secondary N) is 1. The molecule has 0 aromatic carbocycles. The van der Waals surface area contributed by atoms with E-state index in [2.05, 4.69) is 10.2 Å². The molecule has 1 N–H and O–H groups in total. The van der Waals surface area contributed by atoms with Crippen LogP contribution in [0.25, 0.3) is 0 Å². The van der Waals surface area contributed by atoms with E-state index in [4.69, 9.17) is 4.74 Å². The molecular weight excluding hydrogens is 204 g/mol. The number of ether oxygens (including phenoxy) is 1. The van der Waals surface area contributed by atoms with Gasteiger partial charge in [0.05, 0.1) is 0 Å². The largest absolute Gasteiger partial charge is 0.381 e. The van der Waals surface area contributed by atoms with Gasteiger partial charge in [-0.3, -0.25) is 4.79 Å². The number of hydrogen-bond donors (Lipinski definition) is 1. The predicted molar refractivity (Wildman–Crippen MR) is 61.8 cm³/mol. The van der Waals surface area contributed by atoms with Gasteiger partial charge in [0.15, 0.2) is 0 Å². The summed E-state index contributed by atoms with van der Waals surface area (Å²) in [6.45, 7) is 5.30. The van der Waals surface area contributed by atoms with E-state index in [0.717, 1.165) is 45.1 Å². The lowest BCUT2D eigenvalue weighted by atomic mass is 10.0. The molecule has 2 fully saturated rings. The van der Waals surface area contributed by atoms with Crippen LogP contribution in [-0.2, 0) is 9.53 Å². The van der Waals surface area contributed by atoms with Gasteiger partial charge in [0, 0.05) is 32.3 Å². The summed E-state index contributed by atoms with van der Waals surface area (Å²) in [5, 5.41) is 2.75. The van der Waals surface area contributed by atoms with E-state index in [1.54, 1.807) is 6.41 Å². The van der Waals surface area contributed by atoms with Gasteiger partial charge in [-0.2, -0.15) is 0 Å². The molecule has 4 nitrogen and oxygen atoms in total. The van der Waals surface area contributed by atoms with Gasteiger partial charge in [-0.15, -0.1) is 0 Å². The fraction of sp³-hybridized carbons (Fsp3) is 0.917. The van der Waals surface area contributed by atoms with Crippen LogP contribution >= 0.6 is 0 Å². The molecule has 0 aromatic heterocycles. The summed E-state index contributed by atoms with van der Waals surface area (Å²) < 4.78 is 5.37. The van der Waals surface area contributed by atoms with Crippen molar-refractivity contribution in [3.63, 3.8) is 0 Å². The molecule has 91 valence electrons. The van der Waals surface area contributed by atoms with Crippen LogP contribution in [0.4, 0.5) is 0 Å². The first-order valence-corrected chi connectivity index (χ1v) is 6.31. The Morgan fingerprint density at radius 1 is 1.31 bits per heavy atom. The second kappa shape index (κ2) is 6.21. The van der Waals surface area contributed by atoms with E-state index in [9.17, 15) is 4.79 Å². The molecule has 0 spiro atoms. The number of rotatable bonds is 5. The zero-order chi connectivity index (χ0) is 11.2. The first kappa shape index (κ1) is 11.9. The van der Waals surface area contributed by atoms with Crippen molar-refractivity contribution in [2.45, 2.75) is 31.7 Å². The fourth-order valence-corrected chi connectivity index (χ4v) is 2.56. The smallest absolute Gasteiger partial charge is 0.309 e. The SMILES string of the molecule is O=[C]NC1CCN(CCC2CCOC2)CC1. The van der Waals surface area contributed by atoms with Crippen molar-refractivity contribution in [2.75, 3.05) is 32.8 Å². The molecule has 16 heavy (non-hydrogen) atoms. The predicted octanol–water partition coefficient (Wildman–Crippen LogP) is 0.534. The lowest BCUT2D eigenvalue weighted by Crippen LogP contribution is -2.42. The highest BCUT2D eigenvalue weighted by atomic mass is 16.5. The van der Waals surface area contributed by atoms with Crippen molar-refractivity contribution in [1.29, 1.82) is 0 Å². The standard InChI is InChI=1S/C12H21N2O2/c15-10-13-12-2-6-14(7-3-12)5-1-11-4-8-16-9-11/h11-12H,1-9H2,(H,13,15). The van der Waals surface area contributed by atoms with Crippen LogP contribution in [0.15, 0.2) is 0 Å². The van der Waals surface area contributed by atoms with Crippen molar-refractivity contribution in [3.05, 3.63) is 0 Å². The minimum atomic E-state index is 0.351. The van der Waals surface area contributed by atoms with Crippen LogP contribution in [0.5, 0.6) is 0 Å². The summed E-state index contributed by atoms with van der Waals surface area (Å²) in [4.78, 5) is 12.7. The minimum absolute atomic E-state index is 0.351. The van der Waals surface area contributed by atoms with Crippen LogP contribution in [0, 0.1) is 5.92 Å². The Hall–Kier alpha value is -0.610. The Bertz CT molecular complexity index is 209. The highest BCUT2D eigenvalue weighted by Gasteiger charge is 2.21. The summed E-state index contributed by atoms with van der Waals surface area (Å²) in [5.41, 5.74) is 0. The number of piperidine rings is 1. The Kier molecular flexibility index (Phi) is 4.60. The van der Waals surface area contributed by atoms with Gasteiger partial charge in [-0.05, 0) is 38.1 Å². The van der Waals surface area contributed by atoms with Crippen molar-refractivity contribution in [3.8, 4) is 0 Å². The molecule has 2 saturated heterocycles. The Balaban J connectivity index is 1.59. The summed E-state index contributed by atoms with van der Waals surface area (Å²) >= 11 is 0. The van der Waals surface area contributed by atoms with Crippen molar-refractivity contribution in [2.24, 2.45) is 5.92 Å². The van der Waals surface area contributed by atoms with Crippen molar-refractivity contribution in [1.82, 2.24) is 10.2 Å². The molecule has 0 saturated carbocycles. The van der Waals surface area contributed by atoms with Crippen LogP contribution in [0.1, 0.15) is 25.7 Å². The van der Waals surface area contributed by atoms with Crippen LogP contribution < -0.4 is 5.32 Å². The Morgan fingerprint density at radius 3 is 2.75 bits per heavy atom. The number of amides is 1. The minimum Gasteiger partial charge on any atom is -0.381 e. The van der Waals surface area contributed by atoms with E-state index in [1.807, 2.05) is 0 Å². The van der Waals surface area contributed by atoms with Gasteiger partial charge in [-0.1, -0.05) is 0 Å². The van der Waals surface area contributed by atoms with E-state index in [1.165, 1.54) is 19.4 Å². The quantitative estimate of drug-likeness (QED) is 0.694. The van der Waals surface area contributed by atoms with Gasteiger partial charge >= 0.3 is 6.41 Å². The van der Waals surface area contributed by atoms with Gasteiger partial charge in [0.1, 0.15) is 0 Å². The highest BCUT2D eigenvalue weighted by Crippen LogP contribution is 2.18. The maximum Gasteiger partial charge on any atom is 0.309 e. The van der Waals surface area contributed by atoms with E-state index >= 15 is 0 Å². The number of likely N-dealkylation sites (tertiary alicyclic amines) is 1. The zero-order valence-corrected chi connectivity index (χ0v) is 9.78. The first-order valence-electron chi connectivity index (χ1n) is 6.31. The Morgan fingerprint density at radius 2 is 2.12 bits per heavy atom. The normalized spacial score (nSPS) is 28.1. The lowest BCUT2D eigenvalue weighted by Gasteiger charge is -2.31. The third-order valence-electron chi connectivity index (χ3n) is 3.73. The fourth-order valence-electron chi connectivity index (χ4n) is 2.56. The molecule has 0 bridgehead atoms. The van der Waals surface area contributed by atoms with E-state index in [-0.39, 0.29) is 0 Å². The van der Waals surface area contributed by atoms with Gasteiger partial charge < -0.3 is 15.0 Å². The average molecular weight is 225 g/mol. The van der Waals surface area contributed by atoms with Crippen LogP contribution in [-0.4, -0.2) is 50.2 Å². The third-order valence-corrected chi connectivity index (χ3v) is 3.73. The maximum absolute atomic E-state index is 10.2. The molecule has 1 radical (unpaired) electrons. The summed E-state index contributed by atoms with van der Waals surface area (Å²) in [7, 11) is 0. The van der Waals surface area contributed by atoms with Crippen molar-refractivity contribution >= 4 is 6.41 Å². The molecule has 4 heteroatoms. The van der Waals surface area contributed by atoms with Crippen LogP contribution in [0.2, 0.25) is 0 Å².